The molecular formula is C12H10Br2N4O. The Bertz CT molecular complexity index is 730. The number of furan rings is 1. The highest BCUT2D eigenvalue weighted by molar-refractivity contribution is 9.10. The van der Waals surface area contributed by atoms with Gasteiger partial charge in [-0.3, -0.25) is 0 Å². The van der Waals surface area contributed by atoms with Crippen molar-refractivity contribution >= 4 is 42.8 Å². The van der Waals surface area contributed by atoms with Gasteiger partial charge in [0.05, 0.1) is 10.2 Å². The first-order valence-electron chi connectivity index (χ1n) is 5.56. The molecule has 1 unspecified atom stereocenters. The molecule has 5 nitrogen and oxygen atoms in total. The summed E-state index contributed by atoms with van der Waals surface area (Å²) in [5.41, 5.74) is 7.80. The van der Waals surface area contributed by atoms with Gasteiger partial charge in [-0.15, -0.1) is 5.10 Å². The molecule has 0 bridgehead atoms. The van der Waals surface area contributed by atoms with E-state index in [0.29, 0.717) is 10.4 Å². The van der Waals surface area contributed by atoms with Gasteiger partial charge in [0.2, 0.25) is 0 Å². The zero-order chi connectivity index (χ0) is 13.6. The fraction of sp³-hybridized carbons (Fsp3) is 0.167. The summed E-state index contributed by atoms with van der Waals surface area (Å²) in [6.07, 6.45) is 0. The van der Waals surface area contributed by atoms with E-state index in [9.17, 15) is 0 Å². The molecule has 0 saturated carbocycles. The first kappa shape index (κ1) is 12.8. The largest absolute Gasteiger partial charge is 0.458 e. The van der Waals surface area contributed by atoms with Gasteiger partial charge < -0.3 is 10.2 Å². The Morgan fingerprint density at radius 1 is 1.37 bits per heavy atom. The second-order valence-electron chi connectivity index (χ2n) is 4.17. The van der Waals surface area contributed by atoms with Crippen LogP contribution in [0.5, 0.6) is 0 Å². The van der Waals surface area contributed by atoms with Crippen molar-refractivity contribution in [2.75, 3.05) is 0 Å². The van der Waals surface area contributed by atoms with Crippen molar-refractivity contribution in [3.63, 3.8) is 0 Å². The van der Waals surface area contributed by atoms with Crippen LogP contribution in [0, 0.1) is 0 Å². The van der Waals surface area contributed by atoms with Crippen molar-refractivity contribution in [1.29, 1.82) is 0 Å². The third-order valence-corrected chi connectivity index (χ3v) is 4.13. The Morgan fingerprint density at radius 3 is 2.79 bits per heavy atom. The Kier molecular flexibility index (Phi) is 3.20. The zero-order valence-corrected chi connectivity index (χ0v) is 13.1. The molecule has 0 aliphatic carbocycles. The van der Waals surface area contributed by atoms with Crippen molar-refractivity contribution < 1.29 is 4.42 Å². The molecule has 2 heterocycles. The standard InChI is InChI=1S/C12H10Br2N4O/c1-18-10(12(14)16-17-18)9(15)8-5-6-3-2-4-7(13)11(6)19-8/h2-5,9H,15H2,1H3. The smallest absolute Gasteiger partial charge is 0.153 e. The number of nitrogens with zero attached hydrogens (tertiary/aromatic N) is 3. The molecule has 1 atom stereocenters. The minimum Gasteiger partial charge on any atom is -0.458 e. The molecule has 3 rings (SSSR count). The van der Waals surface area contributed by atoms with E-state index in [1.807, 2.05) is 24.3 Å². The molecule has 1 aromatic carbocycles. The first-order chi connectivity index (χ1) is 9.08. The van der Waals surface area contributed by atoms with Crippen LogP contribution in [0.4, 0.5) is 0 Å². The minimum atomic E-state index is -0.423. The van der Waals surface area contributed by atoms with Gasteiger partial charge in [-0.2, -0.15) is 0 Å². The Balaban J connectivity index is 2.12. The van der Waals surface area contributed by atoms with Crippen LogP contribution in [0.3, 0.4) is 0 Å². The second kappa shape index (κ2) is 4.73. The van der Waals surface area contributed by atoms with Crippen LogP contribution in [0.25, 0.3) is 11.0 Å². The number of rotatable bonds is 2. The Hall–Kier alpha value is -1.18. The van der Waals surface area contributed by atoms with Gasteiger partial charge in [0.25, 0.3) is 0 Å². The highest BCUT2D eigenvalue weighted by Gasteiger charge is 2.22. The molecule has 7 heteroatoms. The number of para-hydroxylation sites is 1. The summed E-state index contributed by atoms with van der Waals surface area (Å²) >= 11 is 6.81. The molecule has 2 aromatic heterocycles. The average Bonchev–Trinajstić information content (AvgIpc) is 2.94. The van der Waals surface area contributed by atoms with Gasteiger partial charge in [0.15, 0.2) is 4.60 Å². The summed E-state index contributed by atoms with van der Waals surface area (Å²) in [6.45, 7) is 0. The molecule has 0 amide bonds. The highest BCUT2D eigenvalue weighted by Crippen LogP contribution is 2.32. The van der Waals surface area contributed by atoms with E-state index in [2.05, 4.69) is 42.2 Å². The lowest BCUT2D eigenvalue weighted by Crippen LogP contribution is -2.15. The van der Waals surface area contributed by atoms with Crippen LogP contribution in [0.1, 0.15) is 17.5 Å². The summed E-state index contributed by atoms with van der Waals surface area (Å²) in [6, 6.07) is 7.39. The van der Waals surface area contributed by atoms with E-state index < -0.39 is 6.04 Å². The lowest BCUT2D eigenvalue weighted by Gasteiger charge is -2.08. The van der Waals surface area contributed by atoms with Gasteiger partial charge >= 0.3 is 0 Å². The van der Waals surface area contributed by atoms with Crippen molar-refractivity contribution in [1.82, 2.24) is 15.0 Å². The number of halogens is 2. The van der Waals surface area contributed by atoms with E-state index in [1.54, 1.807) is 11.7 Å². The molecule has 3 aromatic rings. The predicted molar refractivity (Wildman–Crippen MR) is 78.6 cm³/mol. The zero-order valence-electron chi connectivity index (χ0n) is 9.97. The maximum absolute atomic E-state index is 6.24. The van der Waals surface area contributed by atoms with Gasteiger partial charge in [-0.1, -0.05) is 17.3 Å². The maximum atomic E-state index is 6.24. The number of aryl methyl sites for hydroxylation is 1. The second-order valence-corrected chi connectivity index (χ2v) is 5.78. The van der Waals surface area contributed by atoms with E-state index in [-0.39, 0.29) is 0 Å². The van der Waals surface area contributed by atoms with E-state index >= 15 is 0 Å². The van der Waals surface area contributed by atoms with Gasteiger partial charge in [-0.05, 0) is 44.0 Å². The highest BCUT2D eigenvalue weighted by atomic mass is 79.9. The average molecular weight is 386 g/mol. The maximum Gasteiger partial charge on any atom is 0.153 e. The van der Waals surface area contributed by atoms with Crippen LogP contribution in [-0.4, -0.2) is 15.0 Å². The van der Waals surface area contributed by atoms with Crippen LogP contribution < -0.4 is 5.73 Å². The topological polar surface area (TPSA) is 69.9 Å². The van der Waals surface area contributed by atoms with Crippen LogP contribution >= 0.6 is 31.9 Å². The van der Waals surface area contributed by atoms with Crippen molar-refractivity contribution in [2.24, 2.45) is 12.8 Å². The molecule has 0 radical (unpaired) electrons. The molecule has 2 N–H and O–H groups in total. The monoisotopic (exact) mass is 384 g/mol. The molecular weight excluding hydrogens is 376 g/mol. The van der Waals surface area contributed by atoms with Gasteiger partial charge in [0, 0.05) is 12.4 Å². The fourth-order valence-electron chi connectivity index (χ4n) is 2.00. The van der Waals surface area contributed by atoms with E-state index in [1.165, 1.54) is 0 Å². The summed E-state index contributed by atoms with van der Waals surface area (Å²) in [4.78, 5) is 0. The SMILES string of the molecule is Cn1nnc(Br)c1C(N)c1cc2cccc(Br)c2o1. The van der Waals surface area contributed by atoms with E-state index in [4.69, 9.17) is 10.2 Å². The van der Waals surface area contributed by atoms with Crippen molar-refractivity contribution in [2.45, 2.75) is 6.04 Å². The molecule has 0 aliphatic heterocycles. The molecule has 0 aliphatic rings. The molecule has 0 saturated heterocycles. The normalized spacial score (nSPS) is 13.1. The van der Waals surface area contributed by atoms with Gasteiger partial charge in [0.1, 0.15) is 17.4 Å². The van der Waals surface area contributed by atoms with Crippen molar-refractivity contribution in [3.8, 4) is 0 Å². The molecule has 0 spiro atoms. The first-order valence-corrected chi connectivity index (χ1v) is 7.15. The number of hydrogen-bond acceptors (Lipinski definition) is 4. The molecule has 19 heavy (non-hydrogen) atoms. The predicted octanol–water partition coefficient (Wildman–Crippen LogP) is 3.13. The Morgan fingerprint density at radius 2 is 2.16 bits per heavy atom. The summed E-state index contributed by atoms with van der Waals surface area (Å²) < 4.78 is 9.00. The van der Waals surface area contributed by atoms with Crippen LogP contribution in [0.2, 0.25) is 0 Å². The minimum absolute atomic E-state index is 0.423. The van der Waals surface area contributed by atoms with Crippen molar-refractivity contribution in [3.05, 3.63) is 44.8 Å². The quantitative estimate of drug-likeness (QED) is 0.735. The summed E-state index contributed by atoms with van der Waals surface area (Å²) in [5, 5.41) is 8.86. The third-order valence-electron chi connectivity index (χ3n) is 2.94. The van der Waals surface area contributed by atoms with Gasteiger partial charge in [-0.25, -0.2) is 4.68 Å². The van der Waals surface area contributed by atoms with E-state index in [0.717, 1.165) is 21.1 Å². The number of aromatic nitrogens is 3. The lowest BCUT2D eigenvalue weighted by atomic mass is 10.1. The van der Waals surface area contributed by atoms with Crippen LogP contribution in [-0.2, 0) is 7.05 Å². The number of nitrogens with two attached hydrogens (primary N) is 1. The number of benzene rings is 1. The fourth-order valence-corrected chi connectivity index (χ4v) is 3.04. The summed E-state index contributed by atoms with van der Waals surface area (Å²) in [5.74, 6) is 0.674. The lowest BCUT2D eigenvalue weighted by molar-refractivity contribution is 0.507. The third kappa shape index (κ3) is 2.11. The van der Waals surface area contributed by atoms with Crippen LogP contribution in [0.15, 0.2) is 37.8 Å². The number of fused-ring (bicyclic) bond motifs is 1. The summed E-state index contributed by atoms with van der Waals surface area (Å²) in [7, 11) is 1.80. The Labute approximate surface area is 126 Å². The molecule has 0 fully saturated rings. The number of hydrogen-bond donors (Lipinski definition) is 1. The molecule has 98 valence electrons.